The summed E-state index contributed by atoms with van der Waals surface area (Å²) >= 11 is 0. The van der Waals surface area contributed by atoms with E-state index in [1.807, 2.05) is 0 Å². The Morgan fingerprint density at radius 2 is 1.95 bits per heavy atom. The third-order valence-electron chi connectivity index (χ3n) is 5.70. The minimum absolute atomic E-state index is 0.0202. The molecule has 1 heterocycles. The second-order valence-corrected chi connectivity index (χ2v) is 7.06. The van der Waals surface area contributed by atoms with Crippen molar-refractivity contribution in [3.63, 3.8) is 0 Å². The van der Waals surface area contributed by atoms with Gasteiger partial charge in [-0.2, -0.15) is 5.10 Å². The van der Waals surface area contributed by atoms with Crippen LogP contribution in [0.25, 0.3) is 0 Å². The molecule has 2 atom stereocenters. The van der Waals surface area contributed by atoms with E-state index in [0.29, 0.717) is 29.6 Å². The van der Waals surface area contributed by atoms with Crippen molar-refractivity contribution < 1.29 is 4.79 Å². The molecule has 5 nitrogen and oxygen atoms in total. The standard InChI is InChI=1S/C16H24N4O/c17-11-7-9-3-1-4-10(8-11)14(9)18-16(21)15-12-5-2-6-13(12)19-20-15/h9-11,14H,1-8,17H2,(H,18,21)(H,19,20). The van der Waals surface area contributed by atoms with Crippen molar-refractivity contribution in [2.75, 3.05) is 0 Å². The number of carbonyl (C=O) groups is 1. The van der Waals surface area contributed by atoms with Gasteiger partial charge in [-0.15, -0.1) is 0 Å². The summed E-state index contributed by atoms with van der Waals surface area (Å²) in [5.41, 5.74) is 9.09. The fourth-order valence-corrected chi connectivity index (χ4v) is 4.75. The third-order valence-corrected chi connectivity index (χ3v) is 5.70. The predicted molar refractivity (Wildman–Crippen MR) is 79.9 cm³/mol. The van der Waals surface area contributed by atoms with Crippen LogP contribution in [0.5, 0.6) is 0 Å². The van der Waals surface area contributed by atoms with E-state index in [4.69, 9.17) is 5.73 Å². The summed E-state index contributed by atoms with van der Waals surface area (Å²) in [4.78, 5) is 12.6. The minimum atomic E-state index is 0.0202. The number of hydrogen-bond donors (Lipinski definition) is 3. The summed E-state index contributed by atoms with van der Waals surface area (Å²) in [5.74, 6) is 1.14. The van der Waals surface area contributed by atoms with Gasteiger partial charge in [-0.3, -0.25) is 9.89 Å². The second kappa shape index (κ2) is 5.13. The highest BCUT2D eigenvalue weighted by atomic mass is 16.2. The molecule has 4 rings (SSSR count). The molecule has 4 N–H and O–H groups in total. The second-order valence-electron chi connectivity index (χ2n) is 7.06. The highest BCUT2D eigenvalue weighted by Crippen LogP contribution is 2.39. The zero-order valence-electron chi connectivity index (χ0n) is 12.4. The van der Waals surface area contributed by atoms with Gasteiger partial charge in [0.2, 0.25) is 0 Å². The van der Waals surface area contributed by atoms with Crippen LogP contribution in [0.1, 0.15) is 60.3 Å². The molecule has 0 radical (unpaired) electrons. The molecular formula is C16H24N4O. The van der Waals surface area contributed by atoms with Gasteiger partial charge in [0.15, 0.2) is 5.69 Å². The van der Waals surface area contributed by atoms with Gasteiger partial charge in [0.25, 0.3) is 5.91 Å². The summed E-state index contributed by atoms with van der Waals surface area (Å²) in [7, 11) is 0. The van der Waals surface area contributed by atoms with Crippen molar-refractivity contribution in [3.05, 3.63) is 17.0 Å². The molecule has 1 amide bonds. The first-order valence-corrected chi connectivity index (χ1v) is 8.35. The topological polar surface area (TPSA) is 83.8 Å². The van der Waals surface area contributed by atoms with Crippen LogP contribution in [-0.2, 0) is 12.8 Å². The molecule has 114 valence electrons. The Hall–Kier alpha value is -1.36. The molecule has 1 aromatic heterocycles. The van der Waals surface area contributed by atoms with Gasteiger partial charge in [-0.05, 0) is 56.8 Å². The molecule has 0 aliphatic heterocycles. The normalized spacial score (nSPS) is 34.5. The molecule has 3 aliphatic rings. The van der Waals surface area contributed by atoms with Gasteiger partial charge in [0, 0.05) is 23.3 Å². The Kier molecular flexibility index (Phi) is 3.25. The Balaban J connectivity index is 1.51. The lowest BCUT2D eigenvalue weighted by Gasteiger charge is -2.45. The highest BCUT2D eigenvalue weighted by molar-refractivity contribution is 5.94. The number of aryl methyl sites for hydroxylation is 1. The first kappa shape index (κ1) is 13.3. The number of aromatic amines is 1. The fourth-order valence-electron chi connectivity index (χ4n) is 4.75. The maximum atomic E-state index is 12.6. The first-order valence-electron chi connectivity index (χ1n) is 8.35. The van der Waals surface area contributed by atoms with Gasteiger partial charge in [-0.25, -0.2) is 0 Å². The van der Waals surface area contributed by atoms with Crippen LogP contribution in [0.2, 0.25) is 0 Å². The Bertz CT molecular complexity index is 538. The largest absolute Gasteiger partial charge is 0.347 e. The minimum Gasteiger partial charge on any atom is -0.347 e. The Labute approximate surface area is 125 Å². The van der Waals surface area contributed by atoms with Crippen LogP contribution in [0.3, 0.4) is 0 Å². The lowest BCUT2D eigenvalue weighted by Crippen LogP contribution is -2.53. The molecular weight excluding hydrogens is 264 g/mol. The van der Waals surface area contributed by atoms with Crippen LogP contribution in [0.4, 0.5) is 0 Å². The van der Waals surface area contributed by atoms with Gasteiger partial charge in [0.05, 0.1) is 0 Å². The molecule has 3 aliphatic carbocycles. The molecule has 2 fully saturated rings. The molecule has 2 saturated carbocycles. The van der Waals surface area contributed by atoms with E-state index in [0.717, 1.165) is 43.4 Å². The number of nitrogens with one attached hydrogen (secondary N) is 2. The number of rotatable bonds is 2. The summed E-state index contributed by atoms with van der Waals surface area (Å²) in [6, 6.07) is 0.628. The molecule has 0 spiro atoms. The molecule has 0 aromatic carbocycles. The molecule has 2 bridgehead atoms. The van der Waals surface area contributed by atoms with Crippen molar-refractivity contribution in [2.45, 2.75) is 63.5 Å². The Morgan fingerprint density at radius 1 is 1.19 bits per heavy atom. The summed E-state index contributed by atoms with van der Waals surface area (Å²) < 4.78 is 0. The molecule has 2 unspecified atom stereocenters. The van der Waals surface area contributed by atoms with Crippen LogP contribution in [0, 0.1) is 11.8 Å². The average molecular weight is 288 g/mol. The van der Waals surface area contributed by atoms with E-state index in [-0.39, 0.29) is 5.91 Å². The number of amides is 1. The highest BCUT2D eigenvalue weighted by Gasteiger charge is 2.40. The smallest absolute Gasteiger partial charge is 0.272 e. The first-order chi connectivity index (χ1) is 10.2. The van der Waals surface area contributed by atoms with Gasteiger partial charge >= 0.3 is 0 Å². The lowest BCUT2D eigenvalue weighted by molar-refractivity contribution is 0.0751. The van der Waals surface area contributed by atoms with Gasteiger partial charge in [0.1, 0.15) is 0 Å². The van der Waals surface area contributed by atoms with E-state index >= 15 is 0 Å². The van der Waals surface area contributed by atoms with Crippen LogP contribution >= 0.6 is 0 Å². The van der Waals surface area contributed by atoms with Crippen LogP contribution in [-0.4, -0.2) is 28.2 Å². The number of nitrogens with zero attached hydrogens (tertiary/aromatic N) is 1. The molecule has 0 saturated heterocycles. The maximum absolute atomic E-state index is 12.6. The number of nitrogens with two attached hydrogens (primary N) is 1. The predicted octanol–water partition coefficient (Wildman–Crippen LogP) is 1.53. The van der Waals surface area contributed by atoms with E-state index in [1.165, 1.54) is 19.3 Å². The number of carbonyl (C=O) groups excluding carboxylic acids is 1. The van der Waals surface area contributed by atoms with Crippen LogP contribution in [0.15, 0.2) is 0 Å². The zero-order chi connectivity index (χ0) is 14.4. The van der Waals surface area contributed by atoms with Gasteiger partial charge < -0.3 is 11.1 Å². The van der Waals surface area contributed by atoms with E-state index in [1.54, 1.807) is 0 Å². The maximum Gasteiger partial charge on any atom is 0.272 e. The van der Waals surface area contributed by atoms with Crippen molar-refractivity contribution in [1.82, 2.24) is 15.5 Å². The van der Waals surface area contributed by atoms with Crippen LogP contribution < -0.4 is 11.1 Å². The zero-order valence-corrected chi connectivity index (χ0v) is 12.4. The van der Waals surface area contributed by atoms with Crippen molar-refractivity contribution >= 4 is 5.91 Å². The van der Waals surface area contributed by atoms with E-state index in [2.05, 4.69) is 15.5 Å². The van der Waals surface area contributed by atoms with Gasteiger partial charge in [-0.1, -0.05) is 6.42 Å². The van der Waals surface area contributed by atoms with E-state index in [9.17, 15) is 4.79 Å². The monoisotopic (exact) mass is 288 g/mol. The number of aromatic nitrogens is 2. The summed E-state index contributed by atoms with van der Waals surface area (Å²) in [6.45, 7) is 0. The van der Waals surface area contributed by atoms with Crippen molar-refractivity contribution in [1.29, 1.82) is 0 Å². The van der Waals surface area contributed by atoms with Crippen molar-refractivity contribution in [3.8, 4) is 0 Å². The summed E-state index contributed by atoms with van der Waals surface area (Å²) in [5, 5.41) is 10.6. The quantitative estimate of drug-likeness (QED) is 0.771. The number of fused-ring (bicyclic) bond motifs is 3. The fraction of sp³-hybridized carbons (Fsp3) is 0.750. The van der Waals surface area contributed by atoms with Crippen molar-refractivity contribution in [2.24, 2.45) is 17.6 Å². The third kappa shape index (κ3) is 2.27. The summed E-state index contributed by atoms with van der Waals surface area (Å²) in [6.07, 6.45) is 8.94. The molecule has 1 aromatic rings. The number of H-pyrrole nitrogens is 1. The SMILES string of the molecule is NC1CC2CCCC(C1)C2NC(=O)c1n[nH]c2c1CCC2. The lowest BCUT2D eigenvalue weighted by atomic mass is 9.67. The average Bonchev–Trinajstić information content (AvgIpc) is 3.01. The molecule has 5 heteroatoms. The Morgan fingerprint density at radius 3 is 2.71 bits per heavy atom. The van der Waals surface area contributed by atoms with E-state index < -0.39 is 0 Å². The molecule has 21 heavy (non-hydrogen) atoms. The number of hydrogen-bond acceptors (Lipinski definition) is 3.